The fourth-order valence-corrected chi connectivity index (χ4v) is 4.02. The van der Waals surface area contributed by atoms with E-state index in [9.17, 15) is 4.79 Å². The Hall–Kier alpha value is -3.84. The summed E-state index contributed by atoms with van der Waals surface area (Å²) < 4.78 is 11.0. The van der Waals surface area contributed by atoms with Gasteiger partial charge in [0, 0.05) is 44.4 Å². The number of ether oxygens (including phenoxy) is 2. The number of aromatic nitrogens is 1. The average molecular weight is 459 g/mol. The second-order valence-corrected chi connectivity index (χ2v) is 8.05. The van der Waals surface area contributed by atoms with Crippen molar-refractivity contribution in [2.24, 2.45) is 0 Å². The number of para-hydroxylation sites is 1. The topological polar surface area (TPSA) is 66.9 Å². The van der Waals surface area contributed by atoms with Gasteiger partial charge in [0.25, 0.3) is 0 Å². The van der Waals surface area contributed by atoms with Crippen molar-refractivity contribution in [3.05, 3.63) is 84.1 Å². The van der Waals surface area contributed by atoms with Gasteiger partial charge in [0.1, 0.15) is 5.82 Å². The Labute approximate surface area is 200 Å². The first-order chi connectivity index (χ1) is 16.7. The first-order valence-corrected chi connectivity index (χ1v) is 11.3. The molecule has 0 bridgehead atoms. The van der Waals surface area contributed by atoms with E-state index in [2.05, 4.69) is 26.2 Å². The van der Waals surface area contributed by atoms with Crippen LogP contribution in [0.3, 0.4) is 0 Å². The summed E-state index contributed by atoms with van der Waals surface area (Å²) in [4.78, 5) is 21.4. The number of pyridine rings is 1. The molecule has 0 saturated carbocycles. The summed E-state index contributed by atoms with van der Waals surface area (Å²) in [5.41, 5.74) is 2.78. The standard InChI is InChI=1S/C27H30N4O3/c1-33-24-10-6-9-22(27(24)34-2)20-30-15-17-31(18-16-30)25-13-12-23(19-28-25)29-26(32)14-11-21-7-4-3-5-8-21/h3-14,19H,15-18,20H2,1-2H3,(H,29,32)/b14-11+. The van der Waals surface area contributed by atoms with Crippen LogP contribution in [0.15, 0.2) is 72.9 Å². The van der Waals surface area contributed by atoms with E-state index >= 15 is 0 Å². The van der Waals surface area contributed by atoms with Crippen molar-refractivity contribution >= 4 is 23.5 Å². The predicted octanol–water partition coefficient (Wildman–Crippen LogP) is 4.07. The van der Waals surface area contributed by atoms with Crippen molar-refractivity contribution in [3.8, 4) is 11.5 Å². The van der Waals surface area contributed by atoms with Crippen LogP contribution < -0.4 is 19.7 Å². The fourth-order valence-electron chi connectivity index (χ4n) is 4.02. The summed E-state index contributed by atoms with van der Waals surface area (Å²) in [7, 11) is 3.34. The van der Waals surface area contributed by atoms with E-state index in [1.807, 2.05) is 54.6 Å². The van der Waals surface area contributed by atoms with Crippen LogP contribution in [-0.4, -0.2) is 56.2 Å². The van der Waals surface area contributed by atoms with Gasteiger partial charge in [-0.1, -0.05) is 42.5 Å². The molecule has 0 aliphatic carbocycles. The molecule has 34 heavy (non-hydrogen) atoms. The number of amides is 1. The van der Waals surface area contributed by atoms with Gasteiger partial charge < -0.3 is 19.7 Å². The summed E-state index contributed by atoms with van der Waals surface area (Å²) >= 11 is 0. The van der Waals surface area contributed by atoms with Gasteiger partial charge in [-0.05, 0) is 29.8 Å². The van der Waals surface area contributed by atoms with Gasteiger partial charge in [0.2, 0.25) is 5.91 Å². The molecule has 1 aromatic heterocycles. The average Bonchev–Trinajstić information content (AvgIpc) is 2.89. The number of rotatable bonds is 8. The molecular formula is C27H30N4O3. The smallest absolute Gasteiger partial charge is 0.248 e. The van der Waals surface area contributed by atoms with Gasteiger partial charge >= 0.3 is 0 Å². The number of nitrogens with one attached hydrogen (secondary N) is 1. The number of hydrogen-bond acceptors (Lipinski definition) is 6. The lowest BCUT2D eigenvalue weighted by atomic mass is 10.1. The Morgan fingerprint density at radius 1 is 0.971 bits per heavy atom. The second kappa shape index (κ2) is 11.3. The van der Waals surface area contributed by atoms with Crippen LogP contribution in [0.25, 0.3) is 6.08 Å². The van der Waals surface area contributed by atoms with Crippen molar-refractivity contribution in [1.29, 1.82) is 0 Å². The van der Waals surface area contributed by atoms with E-state index in [-0.39, 0.29) is 5.91 Å². The van der Waals surface area contributed by atoms with Gasteiger partial charge in [-0.2, -0.15) is 0 Å². The van der Waals surface area contributed by atoms with Crippen LogP contribution in [-0.2, 0) is 11.3 Å². The minimum absolute atomic E-state index is 0.181. The number of benzene rings is 2. The number of carbonyl (C=O) groups is 1. The first-order valence-electron chi connectivity index (χ1n) is 11.3. The lowest BCUT2D eigenvalue weighted by molar-refractivity contribution is -0.111. The molecular weight excluding hydrogens is 428 g/mol. The molecule has 7 nitrogen and oxygen atoms in total. The third-order valence-corrected chi connectivity index (χ3v) is 5.82. The van der Waals surface area contributed by atoms with E-state index in [0.29, 0.717) is 5.69 Å². The maximum absolute atomic E-state index is 12.2. The number of piperazine rings is 1. The summed E-state index contributed by atoms with van der Waals surface area (Å²) in [6.45, 7) is 4.41. The Balaban J connectivity index is 1.29. The summed E-state index contributed by atoms with van der Waals surface area (Å²) in [5, 5.41) is 2.86. The van der Waals surface area contributed by atoms with E-state index in [1.165, 1.54) is 6.08 Å². The number of hydrogen-bond donors (Lipinski definition) is 1. The van der Waals surface area contributed by atoms with E-state index in [4.69, 9.17) is 9.47 Å². The SMILES string of the molecule is COc1cccc(CN2CCN(c3ccc(NC(=O)/C=C/c4ccccc4)cn3)CC2)c1OC. The molecule has 3 aromatic rings. The zero-order valence-electron chi connectivity index (χ0n) is 19.6. The molecule has 176 valence electrons. The van der Waals surface area contributed by atoms with Gasteiger partial charge in [-0.15, -0.1) is 0 Å². The lowest BCUT2D eigenvalue weighted by Crippen LogP contribution is -2.46. The largest absolute Gasteiger partial charge is 0.493 e. The van der Waals surface area contributed by atoms with E-state index in [1.54, 1.807) is 26.5 Å². The highest BCUT2D eigenvalue weighted by Crippen LogP contribution is 2.31. The van der Waals surface area contributed by atoms with Crippen LogP contribution in [0.2, 0.25) is 0 Å². The first kappa shape index (κ1) is 23.3. The van der Waals surface area contributed by atoms with Crippen LogP contribution in [0.4, 0.5) is 11.5 Å². The number of carbonyl (C=O) groups excluding carboxylic acids is 1. The Kier molecular flexibility index (Phi) is 7.78. The molecule has 1 aliphatic heterocycles. The zero-order valence-corrected chi connectivity index (χ0v) is 19.6. The third-order valence-electron chi connectivity index (χ3n) is 5.82. The van der Waals surface area contributed by atoms with Crippen molar-refractivity contribution in [2.45, 2.75) is 6.54 Å². The van der Waals surface area contributed by atoms with Crippen molar-refractivity contribution in [1.82, 2.24) is 9.88 Å². The van der Waals surface area contributed by atoms with Gasteiger partial charge in [-0.3, -0.25) is 9.69 Å². The zero-order chi connectivity index (χ0) is 23.8. The van der Waals surface area contributed by atoms with Crippen molar-refractivity contribution in [2.75, 3.05) is 50.6 Å². The highest BCUT2D eigenvalue weighted by Gasteiger charge is 2.20. The van der Waals surface area contributed by atoms with Crippen LogP contribution >= 0.6 is 0 Å². The summed E-state index contributed by atoms with van der Waals surface area (Å²) in [6.07, 6.45) is 5.02. The third kappa shape index (κ3) is 5.94. The van der Waals surface area contributed by atoms with Gasteiger partial charge in [0.15, 0.2) is 11.5 Å². The van der Waals surface area contributed by atoms with Crippen molar-refractivity contribution in [3.63, 3.8) is 0 Å². The molecule has 1 amide bonds. The normalized spacial score (nSPS) is 14.2. The molecule has 0 radical (unpaired) electrons. The quantitative estimate of drug-likeness (QED) is 0.514. The fraction of sp³-hybridized carbons (Fsp3) is 0.259. The van der Waals surface area contributed by atoms with Gasteiger partial charge in [0.05, 0.1) is 26.1 Å². The molecule has 0 spiro atoms. The Morgan fingerprint density at radius 3 is 2.44 bits per heavy atom. The molecule has 1 N–H and O–H groups in total. The predicted molar refractivity (Wildman–Crippen MR) is 135 cm³/mol. The Bertz CT molecular complexity index is 1110. The summed E-state index contributed by atoms with van der Waals surface area (Å²) in [6, 6.07) is 19.6. The minimum atomic E-state index is -0.181. The molecule has 0 atom stereocenters. The molecule has 0 unspecified atom stereocenters. The summed E-state index contributed by atoms with van der Waals surface area (Å²) in [5.74, 6) is 2.28. The molecule has 1 fully saturated rings. The monoisotopic (exact) mass is 458 g/mol. The minimum Gasteiger partial charge on any atom is -0.493 e. The maximum atomic E-state index is 12.2. The molecule has 2 heterocycles. The van der Waals surface area contributed by atoms with Crippen LogP contribution in [0, 0.1) is 0 Å². The molecule has 1 saturated heterocycles. The number of anilines is 2. The second-order valence-electron chi connectivity index (χ2n) is 8.05. The molecule has 4 rings (SSSR count). The number of nitrogens with zero attached hydrogens (tertiary/aromatic N) is 3. The Morgan fingerprint density at radius 2 is 1.76 bits per heavy atom. The molecule has 1 aliphatic rings. The lowest BCUT2D eigenvalue weighted by Gasteiger charge is -2.35. The van der Waals surface area contributed by atoms with Crippen LogP contribution in [0.5, 0.6) is 11.5 Å². The highest BCUT2D eigenvalue weighted by molar-refractivity contribution is 6.01. The van der Waals surface area contributed by atoms with Gasteiger partial charge in [-0.25, -0.2) is 4.98 Å². The number of methoxy groups -OCH3 is 2. The molecule has 2 aromatic carbocycles. The molecule has 7 heteroatoms. The van der Waals surface area contributed by atoms with E-state index < -0.39 is 0 Å². The maximum Gasteiger partial charge on any atom is 0.248 e. The van der Waals surface area contributed by atoms with Crippen molar-refractivity contribution < 1.29 is 14.3 Å². The van der Waals surface area contributed by atoms with Crippen LogP contribution in [0.1, 0.15) is 11.1 Å². The highest BCUT2D eigenvalue weighted by atomic mass is 16.5. The van der Waals surface area contributed by atoms with E-state index in [0.717, 1.165) is 61.2 Å².